The number of benzene rings is 2. The second kappa shape index (κ2) is 12.6. The van der Waals surface area contributed by atoms with Gasteiger partial charge in [0.2, 0.25) is 5.95 Å². The Morgan fingerprint density at radius 2 is 1.80 bits per heavy atom. The second-order valence-electron chi connectivity index (χ2n) is 10.7. The number of rotatable bonds is 9. The highest BCUT2D eigenvalue weighted by Gasteiger charge is 2.34. The van der Waals surface area contributed by atoms with E-state index in [4.69, 9.17) is 4.74 Å². The van der Waals surface area contributed by atoms with E-state index < -0.39 is 17.6 Å². The topological polar surface area (TPSA) is 116 Å². The molecule has 0 atom stereocenters. The van der Waals surface area contributed by atoms with Gasteiger partial charge in [0.25, 0.3) is 5.91 Å². The van der Waals surface area contributed by atoms with Crippen LogP contribution in [-0.2, 0) is 12.7 Å². The van der Waals surface area contributed by atoms with Gasteiger partial charge in [0.15, 0.2) is 5.82 Å². The lowest BCUT2D eigenvalue weighted by atomic mass is 10.0. The molecule has 1 saturated heterocycles. The molecule has 4 heterocycles. The normalized spacial score (nSPS) is 14.5. The summed E-state index contributed by atoms with van der Waals surface area (Å²) in [4.78, 5) is 33.7. The van der Waals surface area contributed by atoms with Gasteiger partial charge in [-0.25, -0.2) is 15.0 Å². The Morgan fingerprint density at radius 1 is 1.00 bits per heavy atom. The third-order valence-electron chi connectivity index (χ3n) is 7.84. The van der Waals surface area contributed by atoms with Crippen LogP contribution in [0.5, 0.6) is 5.75 Å². The first-order valence-electron chi connectivity index (χ1n) is 14.5. The number of alkyl halides is 3. The molecule has 0 spiro atoms. The lowest BCUT2D eigenvalue weighted by molar-refractivity contribution is -0.138. The number of piperazine rings is 1. The first-order chi connectivity index (χ1) is 21.7. The van der Waals surface area contributed by atoms with E-state index in [2.05, 4.69) is 42.4 Å². The molecule has 14 heteroatoms. The maximum absolute atomic E-state index is 14.1. The number of H-pyrrole nitrogens is 1. The SMILES string of the molecule is CCN1CCN(Cc2ccc(NC(=O)c3cc(Nc4nccn4-c4ncnc5[nH]ccc45)cc(OC)c3)cc2C(F)(F)F)CC1. The molecule has 0 saturated carbocycles. The van der Waals surface area contributed by atoms with Crippen molar-refractivity contribution in [1.82, 2.24) is 34.3 Å². The Morgan fingerprint density at radius 3 is 2.56 bits per heavy atom. The molecule has 1 amide bonds. The fourth-order valence-corrected chi connectivity index (χ4v) is 5.43. The van der Waals surface area contributed by atoms with Gasteiger partial charge in [0, 0.05) is 74.3 Å². The van der Waals surface area contributed by atoms with Crippen molar-refractivity contribution in [3.05, 3.63) is 84.1 Å². The van der Waals surface area contributed by atoms with E-state index in [0.29, 0.717) is 41.9 Å². The monoisotopic (exact) mass is 619 g/mol. The van der Waals surface area contributed by atoms with Crippen LogP contribution in [0.25, 0.3) is 16.9 Å². The number of nitrogens with one attached hydrogen (secondary N) is 3. The van der Waals surface area contributed by atoms with Crippen LogP contribution in [0, 0.1) is 0 Å². The van der Waals surface area contributed by atoms with Crippen LogP contribution in [0.2, 0.25) is 0 Å². The summed E-state index contributed by atoms with van der Waals surface area (Å²) in [6.07, 6.45) is 1.96. The number of nitrogens with zero attached hydrogens (tertiary/aromatic N) is 6. The fraction of sp³-hybridized carbons (Fsp3) is 0.290. The number of aromatic nitrogens is 5. The summed E-state index contributed by atoms with van der Waals surface area (Å²) in [5.74, 6) is 0.779. The van der Waals surface area contributed by atoms with Gasteiger partial charge in [0.05, 0.1) is 18.1 Å². The Bertz CT molecular complexity index is 1810. The van der Waals surface area contributed by atoms with Crippen molar-refractivity contribution in [1.29, 1.82) is 0 Å². The summed E-state index contributed by atoms with van der Waals surface area (Å²) in [6.45, 7) is 6.23. The van der Waals surface area contributed by atoms with Crippen LogP contribution < -0.4 is 15.4 Å². The van der Waals surface area contributed by atoms with Gasteiger partial charge in [-0.2, -0.15) is 13.2 Å². The number of likely N-dealkylation sites (N-methyl/N-ethyl adjacent to an activating group) is 1. The molecule has 6 rings (SSSR count). The molecule has 3 N–H and O–H groups in total. The molecule has 5 aromatic rings. The average Bonchev–Trinajstić information content (AvgIpc) is 3.71. The van der Waals surface area contributed by atoms with Crippen molar-refractivity contribution < 1.29 is 22.7 Å². The number of anilines is 3. The highest BCUT2D eigenvalue weighted by molar-refractivity contribution is 6.05. The Labute approximate surface area is 257 Å². The van der Waals surface area contributed by atoms with Crippen molar-refractivity contribution in [2.45, 2.75) is 19.6 Å². The predicted molar refractivity (Wildman–Crippen MR) is 164 cm³/mol. The van der Waals surface area contributed by atoms with Gasteiger partial charge < -0.3 is 25.3 Å². The van der Waals surface area contributed by atoms with Crippen molar-refractivity contribution in [3.8, 4) is 11.6 Å². The highest BCUT2D eigenvalue weighted by Crippen LogP contribution is 2.35. The van der Waals surface area contributed by atoms with Crippen LogP contribution in [0.3, 0.4) is 0 Å². The maximum atomic E-state index is 14.1. The molecule has 1 aliphatic rings. The van der Waals surface area contributed by atoms with Crippen LogP contribution >= 0.6 is 0 Å². The minimum absolute atomic E-state index is 0.0408. The van der Waals surface area contributed by atoms with E-state index in [0.717, 1.165) is 31.1 Å². The van der Waals surface area contributed by atoms with Gasteiger partial charge in [-0.1, -0.05) is 13.0 Å². The number of carbonyl (C=O) groups excluding carboxylic acids is 1. The minimum Gasteiger partial charge on any atom is -0.497 e. The van der Waals surface area contributed by atoms with Crippen LogP contribution in [0.1, 0.15) is 28.4 Å². The molecule has 11 nitrogen and oxygen atoms in total. The van der Waals surface area contributed by atoms with Crippen molar-refractivity contribution >= 4 is 34.3 Å². The number of methoxy groups -OCH3 is 1. The predicted octanol–water partition coefficient (Wildman–Crippen LogP) is 5.30. The van der Waals surface area contributed by atoms with E-state index in [1.54, 1.807) is 35.3 Å². The number of hydrogen-bond acceptors (Lipinski definition) is 8. The number of ether oxygens (including phenoxy) is 1. The number of hydrogen-bond donors (Lipinski definition) is 3. The molecular formula is C31H32F3N9O2. The molecule has 2 aromatic carbocycles. The quantitative estimate of drug-likeness (QED) is 0.204. The van der Waals surface area contributed by atoms with Crippen molar-refractivity contribution in [2.24, 2.45) is 0 Å². The molecule has 0 bridgehead atoms. The number of aromatic amines is 1. The second-order valence-corrected chi connectivity index (χ2v) is 10.7. The molecule has 1 fully saturated rings. The van der Waals surface area contributed by atoms with Gasteiger partial charge in [-0.15, -0.1) is 0 Å². The first-order valence-corrected chi connectivity index (χ1v) is 14.5. The summed E-state index contributed by atoms with van der Waals surface area (Å²) in [5, 5.41) is 6.60. The summed E-state index contributed by atoms with van der Waals surface area (Å²) < 4.78 is 49.5. The van der Waals surface area contributed by atoms with E-state index in [9.17, 15) is 18.0 Å². The zero-order valence-corrected chi connectivity index (χ0v) is 24.7. The molecule has 45 heavy (non-hydrogen) atoms. The minimum atomic E-state index is -4.58. The number of amides is 1. The number of imidazole rings is 1. The van der Waals surface area contributed by atoms with E-state index in [-0.39, 0.29) is 23.4 Å². The molecule has 0 unspecified atom stereocenters. The third kappa shape index (κ3) is 6.61. The smallest absolute Gasteiger partial charge is 0.416 e. The lowest BCUT2D eigenvalue weighted by Gasteiger charge is -2.34. The summed E-state index contributed by atoms with van der Waals surface area (Å²) in [5.41, 5.74) is 0.765. The molecular weight excluding hydrogens is 587 g/mol. The van der Waals surface area contributed by atoms with E-state index in [1.165, 1.54) is 31.6 Å². The third-order valence-corrected chi connectivity index (χ3v) is 7.84. The molecule has 0 radical (unpaired) electrons. The Kier molecular flexibility index (Phi) is 8.41. The zero-order valence-electron chi connectivity index (χ0n) is 24.7. The van der Waals surface area contributed by atoms with E-state index in [1.807, 2.05) is 11.0 Å². The number of halogens is 3. The number of fused-ring (bicyclic) bond motifs is 1. The van der Waals surface area contributed by atoms with Gasteiger partial charge in [-0.3, -0.25) is 14.3 Å². The molecule has 234 valence electrons. The first kappa shape index (κ1) is 30.1. The highest BCUT2D eigenvalue weighted by atomic mass is 19.4. The molecule has 1 aliphatic heterocycles. The van der Waals surface area contributed by atoms with Gasteiger partial charge in [0.1, 0.15) is 17.7 Å². The zero-order chi connectivity index (χ0) is 31.6. The van der Waals surface area contributed by atoms with Crippen LogP contribution in [0.4, 0.5) is 30.5 Å². The van der Waals surface area contributed by atoms with Gasteiger partial charge >= 0.3 is 6.18 Å². The van der Waals surface area contributed by atoms with Crippen molar-refractivity contribution in [3.63, 3.8) is 0 Å². The standard InChI is InChI=1S/C31H32F3N9O2/c1-3-41-10-12-42(13-11-41)18-20-4-5-22(17-26(20)31(32,33)34)39-29(44)21-14-23(16-24(15-21)45-2)40-30-36-8-9-43(30)28-25-6-7-35-27(25)37-19-38-28/h4-9,14-17,19H,3,10-13,18H2,1-2H3,(H,36,40)(H,39,44)(H,35,37,38). The van der Waals surface area contributed by atoms with Crippen LogP contribution in [0.15, 0.2) is 67.4 Å². The summed E-state index contributed by atoms with van der Waals surface area (Å²) in [7, 11) is 1.46. The molecule has 3 aromatic heterocycles. The molecule has 0 aliphatic carbocycles. The van der Waals surface area contributed by atoms with Crippen molar-refractivity contribution in [2.75, 3.05) is 50.5 Å². The summed E-state index contributed by atoms with van der Waals surface area (Å²) >= 11 is 0. The number of carbonyl (C=O) groups is 1. The fourth-order valence-electron chi connectivity index (χ4n) is 5.43. The Hall–Kier alpha value is -4.95. The van der Waals surface area contributed by atoms with E-state index >= 15 is 0 Å². The van der Waals surface area contributed by atoms with Crippen LogP contribution in [-0.4, -0.2) is 80.0 Å². The summed E-state index contributed by atoms with van der Waals surface area (Å²) in [6, 6.07) is 10.6. The Balaban J connectivity index is 1.22. The van der Waals surface area contributed by atoms with Gasteiger partial charge in [-0.05, 0) is 42.4 Å². The largest absolute Gasteiger partial charge is 0.497 e. The lowest BCUT2D eigenvalue weighted by Crippen LogP contribution is -2.45. The maximum Gasteiger partial charge on any atom is 0.416 e. The average molecular weight is 620 g/mol.